The fourth-order valence-electron chi connectivity index (χ4n) is 3.43. The van der Waals surface area contributed by atoms with Crippen LogP contribution in [0.25, 0.3) is 11.0 Å². The van der Waals surface area contributed by atoms with E-state index in [0.29, 0.717) is 5.69 Å². The second-order valence-corrected chi connectivity index (χ2v) is 8.28. The zero-order valence-corrected chi connectivity index (χ0v) is 31.1. The number of anilines is 3. The number of hydrogen-bond donors (Lipinski definition) is 3. The van der Waals surface area contributed by atoms with Crippen LogP contribution in [0.4, 0.5) is 32.8 Å². The molecule has 12 heteroatoms. The Kier molecular flexibility index (Phi) is 29.2. The summed E-state index contributed by atoms with van der Waals surface area (Å²) in [5, 5.41) is 26.0. The Morgan fingerprint density at radius 3 is 1.45 bits per heavy atom. The highest BCUT2D eigenvalue weighted by atomic mass is 19.1. The first-order valence-electron chi connectivity index (χ1n) is 16.3. The first-order valence-corrected chi connectivity index (χ1v) is 16.3. The van der Waals surface area contributed by atoms with Crippen molar-refractivity contribution in [3.8, 4) is 0 Å². The van der Waals surface area contributed by atoms with Crippen molar-refractivity contribution in [1.82, 2.24) is 9.55 Å². The summed E-state index contributed by atoms with van der Waals surface area (Å²) in [6, 6.07) is 27.3. The van der Waals surface area contributed by atoms with E-state index in [1.54, 1.807) is 25.2 Å². The summed E-state index contributed by atoms with van der Waals surface area (Å²) in [4.78, 5) is 23.5. The third kappa shape index (κ3) is 17.8. The number of fused-ring (bicyclic) bond motifs is 1. The van der Waals surface area contributed by atoms with Crippen molar-refractivity contribution in [3.05, 3.63) is 129 Å². The van der Waals surface area contributed by atoms with E-state index in [4.69, 9.17) is 5.73 Å². The summed E-state index contributed by atoms with van der Waals surface area (Å²) in [7, 11) is 5.54. The predicted octanol–water partition coefficient (Wildman–Crippen LogP) is 10.7. The summed E-state index contributed by atoms with van der Waals surface area (Å²) >= 11 is 0. The lowest BCUT2D eigenvalue weighted by Crippen LogP contribution is -1.95. The number of nitro groups is 2. The van der Waals surface area contributed by atoms with Crippen LogP contribution in [0.2, 0.25) is 0 Å². The first-order chi connectivity index (χ1) is 23.6. The van der Waals surface area contributed by atoms with Crippen LogP contribution in [0.5, 0.6) is 0 Å². The summed E-state index contributed by atoms with van der Waals surface area (Å²) in [5.41, 5.74) is 9.78. The SMILES string of the molecule is CC.CC.CC.CC.CNc1ccccc1N.CNc1ccccc1[N+](=O)[O-].Cc1nc2ccccc2n1C.O=[N+]([O-])c1ccccc1F. The van der Waals surface area contributed by atoms with Gasteiger partial charge in [0.2, 0.25) is 5.82 Å². The van der Waals surface area contributed by atoms with Crippen molar-refractivity contribution in [2.75, 3.05) is 30.5 Å². The molecule has 0 aliphatic rings. The molecule has 270 valence electrons. The molecule has 0 aliphatic carbocycles. The van der Waals surface area contributed by atoms with Crippen LogP contribution in [-0.2, 0) is 7.05 Å². The lowest BCUT2D eigenvalue weighted by molar-refractivity contribution is -0.387. The van der Waals surface area contributed by atoms with E-state index >= 15 is 0 Å². The quantitative estimate of drug-likeness (QED) is 0.0961. The highest BCUT2D eigenvalue weighted by Gasteiger charge is 2.10. The summed E-state index contributed by atoms with van der Waals surface area (Å²) in [6.07, 6.45) is 0. The largest absolute Gasteiger partial charge is 0.397 e. The van der Waals surface area contributed by atoms with Crippen molar-refractivity contribution in [2.45, 2.75) is 62.3 Å². The van der Waals surface area contributed by atoms with E-state index in [1.807, 2.05) is 119 Å². The minimum Gasteiger partial charge on any atom is -0.397 e. The van der Waals surface area contributed by atoms with Gasteiger partial charge in [0.1, 0.15) is 11.5 Å². The highest BCUT2D eigenvalue weighted by Crippen LogP contribution is 2.22. The number of rotatable bonds is 4. The number of nitrogens with one attached hydrogen (secondary N) is 2. The van der Waals surface area contributed by atoms with Crippen molar-refractivity contribution in [2.24, 2.45) is 7.05 Å². The molecule has 0 amide bonds. The number of nitrogens with two attached hydrogens (primary N) is 1. The van der Waals surface area contributed by atoms with E-state index in [9.17, 15) is 24.6 Å². The molecule has 0 saturated carbocycles. The Labute approximate surface area is 291 Å². The van der Waals surface area contributed by atoms with Gasteiger partial charge in [0.05, 0.1) is 32.3 Å². The van der Waals surface area contributed by atoms with Crippen molar-refractivity contribution < 1.29 is 14.2 Å². The Morgan fingerprint density at radius 1 is 0.653 bits per heavy atom. The fourth-order valence-corrected chi connectivity index (χ4v) is 3.43. The number of aryl methyl sites for hydroxylation is 2. The number of imidazole rings is 1. The molecule has 49 heavy (non-hydrogen) atoms. The number of nitro benzene ring substituents is 2. The zero-order chi connectivity index (χ0) is 38.4. The topological polar surface area (TPSA) is 154 Å². The second kappa shape index (κ2) is 29.9. The molecule has 4 N–H and O–H groups in total. The van der Waals surface area contributed by atoms with Gasteiger partial charge >= 0.3 is 5.69 Å². The Bertz CT molecular complexity index is 1590. The smallest absolute Gasteiger partial charge is 0.304 e. The van der Waals surface area contributed by atoms with Gasteiger partial charge in [-0.15, -0.1) is 0 Å². The van der Waals surface area contributed by atoms with E-state index in [0.717, 1.165) is 34.8 Å². The molecule has 1 aromatic heterocycles. The van der Waals surface area contributed by atoms with Gasteiger partial charge in [-0.2, -0.15) is 4.39 Å². The Hall–Kier alpha value is -5.52. The van der Waals surface area contributed by atoms with Crippen LogP contribution in [0.3, 0.4) is 0 Å². The maximum absolute atomic E-state index is 12.4. The molecular formula is C37H56FN7O4. The average molecular weight is 682 g/mol. The number of hydrogen-bond acceptors (Lipinski definition) is 8. The Morgan fingerprint density at radius 2 is 1.06 bits per heavy atom. The van der Waals surface area contributed by atoms with Gasteiger partial charge in [-0.05, 0) is 43.3 Å². The fraction of sp³-hybridized carbons (Fsp3) is 0.324. The summed E-state index contributed by atoms with van der Waals surface area (Å²) in [6.45, 7) is 18.0. The number of benzene rings is 4. The standard InChI is InChI=1S/C9H10N2.C7H8N2O2.C7H10N2.C6H4FNO2.4C2H6/c1-7-10-8-5-3-4-6-9(8)11(7)2;1-8-6-4-2-3-5-7(6)9(10)11;1-9-7-5-3-2-4-6(7)8;7-5-3-1-2-4-6(5)8(9)10;4*1-2/h3-6H,1-2H3;2-5,8H,1H3;2-5,9H,8H2,1H3;1-4H;4*1-2H3. The highest BCUT2D eigenvalue weighted by molar-refractivity contribution is 5.75. The number of para-hydroxylation sites is 7. The number of aromatic nitrogens is 2. The summed E-state index contributed by atoms with van der Waals surface area (Å²) in [5.74, 6) is 0.263. The average Bonchev–Trinajstić information content (AvgIpc) is 3.45. The lowest BCUT2D eigenvalue weighted by atomic mass is 10.3. The number of nitrogens with zero attached hydrogens (tertiary/aromatic N) is 4. The van der Waals surface area contributed by atoms with Crippen LogP contribution >= 0.6 is 0 Å². The van der Waals surface area contributed by atoms with Gasteiger partial charge < -0.3 is 20.9 Å². The minimum absolute atomic E-state index is 0.106. The van der Waals surface area contributed by atoms with Crippen LogP contribution in [0, 0.1) is 33.0 Å². The van der Waals surface area contributed by atoms with E-state index in [-0.39, 0.29) is 5.69 Å². The van der Waals surface area contributed by atoms with Gasteiger partial charge in [-0.25, -0.2) is 4.98 Å². The van der Waals surface area contributed by atoms with Gasteiger partial charge in [0.15, 0.2) is 0 Å². The van der Waals surface area contributed by atoms with Crippen LogP contribution < -0.4 is 16.4 Å². The number of nitrogen functional groups attached to an aromatic ring is 1. The van der Waals surface area contributed by atoms with Crippen LogP contribution in [0.15, 0.2) is 97.1 Å². The van der Waals surface area contributed by atoms with E-state index in [1.165, 1.54) is 23.7 Å². The second-order valence-electron chi connectivity index (χ2n) is 8.28. The molecule has 0 atom stereocenters. The lowest BCUT2D eigenvalue weighted by Gasteiger charge is -2.01. The summed E-state index contributed by atoms with van der Waals surface area (Å²) < 4.78 is 14.5. The molecule has 1 heterocycles. The van der Waals surface area contributed by atoms with Gasteiger partial charge in [-0.1, -0.05) is 104 Å². The predicted molar refractivity (Wildman–Crippen MR) is 207 cm³/mol. The molecule has 0 aliphatic heterocycles. The van der Waals surface area contributed by atoms with Crippen molar-refractivity contribution in [1.29, 1.82) is 0 Å². The number of halogens is 1. The maximum Gasteiger partial charge on any atom is 0.304 e. The van der Waals surface area contributed by atoms with Crippen molar-refractivity contribution >= 4 is 39.5 Å². The first kappa shape index (κ1) is 47.9. The van der Waals surface area contributed by atoms with Crippen molar-refractivity contribution in [3.63, 3.8) is 0 Å². The molecule has 0 unspecified atom stereocenters. The van der Waals surface area contributed by atoms with Crippen LogP contribution in [-0.4, -0.2) is 33.5 Å². The molecule has 5 rings (SSSR count). The normalized spacial score (nSPS) is 8.51. The molecule has 0 saturated heterocycles. The van der Waals surface area contributed by atoms with Gasteiger partial charge in [0, 0.05) is 33.3 Å². The molecule has 0 spiro atoms. The molecule has 0 radical (unpaired) electrons. The third-order valence-electron chi connectivity index (χ3n) is 5.66. The van der Waals surface area contributed by atoms with Crippen LogP contribution in [0.1, 0.15) is 61.2 Å². The molecule has 0 bridgehead atoms. The molecular weight excluding hydrogens is 625 g/mol. The monoisotopic (exact) mass is 681 g/mol. The third-order valence-corrected chi connectivity index (χ3v) is 5.66. The molecule has 4 aromatic carbocycles. The van der Waals surface area contributed by atoms with E-state index < -0.39 is 21.4 Å². The Balaban J connectivity index is -0.000000539. The molecule has 5 aromatic rings. The molecule has 11 nitrogen and oxygen atoms in total. The minimum atomic E-state index is -0.799. The van der Waals surface area contributed by atoms with Gasteiger partial charge in [-0.3, -0.25) is 20.2 Å². The molecule has 0 fully saturated rings. The van der Waals surface area contributed by atoms with E-state index in [2.05, 4.69) is 26.3 Å². The van der Waals surface area contributed by atoms with Gasteiger partial charge in [0.25, 0.3) is 5.69 Å². The maximum atomic E-state index is 12.4. The zero-order valence-electron chi connectivity index (χ0n) is 31.1.